The Morgan fingerprint density at radius 2 is 1.95 bits per heavy atom. The fourth-order valence-corrected chi connectivity index (χ4v) is 1.79. The van der Waals surface area contributed by atoms with Gasteiger partial charge in [-0.15, -0.1) is 0 Å². The van der Waals surface area contributed by atoms with E-state index in [-0.39, 0.29) is 17.9 Å². The molecule has 1 aromatic rings. The zero-order valence-electron chi connectivity index (χ0n) is 11.0. The maximum absolute atomic E-state index is 12.1. The average molecular weight is 330 g/mol. The van der Waals surface area contributed by atoms with E-state index >= 15 is 0 Å². The lowest BCUT2D eigenvalue weighted by Gasteiger charge is -2.20. The molecule has 0 heterocycles. The largest absolute Gasteiger partial charge is 0.456 e. The van der Waals surface area contributed by atoms with E-state index in [0.717, 1.165) is 0 Å². The van der Waals surface area contributed by atoms with Crippen LogP contribution in [0.4, 0.5) is 0 Å². The quantitative estimate of drug-likeness (QED) is 0.679. The molecule has 0 aliphatic heterocycles. The predicted octanol–water partition coefficient (Wildman–Crippen LogP) is 2.27. The van der Waals surface area contributed by atoms with Crippen LogP contribution >= 0.6 is 15.9 Å². The second-order valence-electron chi connectivity index (χ2n) is 4.79. The van der Waals surface area contributed by atoms with Gasteiger partial charge in [0, 0.05) is 4.47 Å². The normalized spacial score (nSPS) is 11.0. The molecule has 104 valence electrons. The number of nitrogens with two attached hydrogens (primary N) is 1. The Labute approximate surface area is 120 Å². The molecule has 19 heavy (non-hydrogen) atoms. The molecule has 6 heteroatoms. The van der Waals surface area contributed by atoms with Crippen LogP contribution < -0.4 is 10.5 Å². The minimum absolute atomic E-state index is 0.124. The monoisotopic (exact) mass is 329 g/mol. The van der Waals surface area contributed by atoms with Gasteiger partial charge in [-0.25, -0.2) is 4.79 Å². The first kappa shape index (κ1) is 15.7. The summed E-state index contributed by atoms with van der Waals surface area (Å²) in [7, 11) is 0. The van der Waals surface area contributed by atoms with Crippen molar-refractivity contribution in [1.29, 1.82) is 0 Å². The highest BCUT2D eigenvalue weighted by Gasteiger charge is 2.24. The minimum Gasteiger partial charge on any atom is -0.456 e. The number of benzene rings is 1. The first-order valence-corrected chi connectivity index (χ1v) is 6.46. The maximum Gasteiger partial charge on any atom is 0.343 e. The minimum atomic E-state index is -0.637. The van der Waals surface area contributed by atoms with Crippen LogP contribution in [-0.2, 0) is 9.53 Å². The number of carbonyl (C=O) groups is 2. The highest BCUT2D eigenvalue weighted by atomic mass is 79.9. The summed E-state index contributed by atoms with van der Waals surface area (Å²) < 4.78 is 10.8. The zero-order valence-corrected chi connectivity index (χ0v) is 12.6. The van der Waals surface area contributed by atoms with Gasteiger partial charge in [0.2, 0.25) is 0 Å². The van der Waals surface area contributed by atoms with E-state index < -0.39 is 17.5 Å². The van der Waals surface area contributed by atoms with Crippen molar-refractivity contribution in [2.24, 2.45) is 5.73 Å². The Hall–Kier alpha value is -1.40. The number of esters is 2. The van der Waals surface area contributed by atoms with Crippen LogP contribution in [0.3, 0.4) is 0 Å². The third-order valence-corrected chi connectivity index (χ3v) is 2.63. The van der Waals surface area contributed by atoms with Crippen molar-refractivity contribution in [3.8, 4) is 5.75 Å². The van der Waals surface area contributed by atoms with Crippen molar-refractivity contribution in [3.05, 3.63) is 28.2 Å². The highest BCUT2D eigenvalue weighted by Crippen LogP contribution is 2.29. The average Bonchev–Trinajstić information content (AvgIpc) is 2.26. The number of halogens is 1. The summed E-state index contributed by atoms with van der Waals surface area (Å²) in [4.78, 5) is 23.3. The van der Waals surface area contributed by atoms with E-state index in [1.54, 1.807) is 32.9 Å². The molecule has 0 unspecified atom stereocenters. The van der Waals surface area contributed by atoms with E-state index in [2.05, 4.69) is 15.9 Å². The topological polar surface area (TPSA) is 78.6 Å². The molecule has 0 spiro atoms. The molecule has 2 N–H and O–H groups in total. The van der Waals surface area contributed by atoms with Crippen molar-refractivity contribution in [3.63, 3.8) is 0 Å². The van der Waals surface area contributed by atoms with Crippen molar-refractivity contribution >= 4 is 27.9 Å². The first-order valence-electron chi connectivity index (χ1n) is 5.67. The van der Waals surface area contributed by atoms with Crippen LogP contribution in [0, 0.1) is 0 Å². The van der Waals surface area contributed by atoms with E-state index in [9.17, 15) is 9.59 Å². The third-order valence-electron chi connectivity index (χ3n) is 1.97. The summed E-state index contributed by atoms with van der Waals surface area (Å²) in [6, 6.07) is 4.83. The Morgan fingerprint density at radius 3 is 2.47 bits per heavy atom. The standard InChI is InChI=1S/C13H16BrNO4/c1-13(2,3)19-12(17)11-8(14)5-4-6-9(11)18-10(16)7-15/h4-6H,7,15H2,1-3H3. The summed E-state index contributed by atoms with van der Waals surface area (Å²) in [6.45, 7) is 5.01. The van der Waals surface area contributed by atoms with Gasteiger partial charge < -0.3 is 15.2 Å². The van der Waals surface area contributed by atoms with Crippen LogP contribution in [0.25, 0.3) is 0 Å². The van der Waals surface area contributed by atoms with Gasteiger partial charge in [-0.2, -0.15) is 0 Å². The van der Waals surface area contributed by atoms with Crippen LogP contribution in [-0.4, -0.2) is 24.1 Å². The first-order chi connectivity index (χ1) is 8.74. The van der Waals surface area contributed by atoms with Gasteiger partial charge in [0.25, 0.3) is 0 Å². The van der Waals surface area contributed by atoms with E-state index in [4.69, 9.17) is 15.2 Å². The Morgan fingerprint density at radius 1 is 1.32 bits per heavy atom. The molecule has 1 aromatic carbocycles. The summed E-state index contributed by atoms with van der Waals surface area (Å²) in [6.07, 6.45) is 0. The van der Waals surface area contributed by atoms with Crippen molar-refractivity contribution in [2.45, 2.75) is 26.4 Å². The summed E-state index contributed by atoms with van der Waals surface area (Å²) in [5.41, 5.74) is 4.71. The van der Waals surface area contributed by atoms with Gasteiger partial charge in [-0.3, -0.25) is 4.79 Å². The predicted molar refractivity (Wildman–Crippen MR) is 74.0 cm³/mol. The van der Waals surface area contributed by atoms with Crippen molar-refractivity contribution in [2.75, 3.05) is 6.54 Å². The molecule has 0 aliphatic carbocycles. The van der Waals surface area contributed by atoms with Gasteiger partial charge in [0.15, 0.2) is 0 Å². The number of hydrogen-bond donors (Lipinski definition) is 1. The van der Waals surface area contributed by atoms with E-state index in [0.29, 0.717) is 4.47 Å². The lowest BCUT2D eigenvalue weighted by atomic mass is 10.1. The summed E-state index contributed by atoms with van der Waals surface area (Å²) in [5, 5.41) is 0. The molecular weight excluding hydrogens is 314 g/mol. The second kappa shape index (κ2) is 6.16. The van der Waals surface area contributed by atoms with Crippen LogP contribution in [0.5, 0.6) is 5.75 Å². The fourth-order valence-electron chi connectivity index (χ4n) is 1.28. The van der Waals surface area contributed by atoms with Gasteiger partial charge in [0.05, 0.1) is 6.54 Å². The van der Waals surface area contributed by atoms with Crippen molar-refractivity contribution < 1.29 is 19.1 Å². The Kier molecular flexibility index (Phi) is 5.08. The van der Waals surface area contributed by atoms with Gasteiger partial charge in [-0.1, -0.05) is 6.07 Å². The number of rotatable bonds is 3. The molecule has 0 saturated heterocycles. The summed E-state index contributed by atoms with van der Waals surface area (Å²) in [5.74, 6) is -1.07. The fraction of sp³-hybridized carbons (Fsp3) is 0.385. The lowest BCUT2D eigenvalue weighted by Crippen LogP contribution is -2.25. The molecule has 1 rings (SSSR count). The van der Waals surface area contributed by atoms with Gasteiger partial charge in [-0.05, 0) is 48.8 Å². The molecule has 0 aliphatic rings. The smallest absolute Gasteiger partial charge is 0.343 e. The molecule has 0 radical (unpaired) electrons. The van der Waals surface area contributed by atoms with Crippen LogP contribution in [0.1, 0.15) is 31.1 Å². The number of hydrogen-bond acceptors (Lipinski definition) is 5. The molecule has 0 aromatic heterocycles. The molecule has 0 bridgehead atoms. The molecule has 0 atom stereocenters. The Balaban J connectivity index is 3.11. The second-order valence-corrected chi connectivity index (χ2v) is 5.65. The molecular formula is C13H16BrNO4. The van der Waals surface area contributed by atoms with E-state index in [1.165, 1.54) is 6.07 Å². The number of carbonyl (C=O) groups excluding carboxylic acids is 2. The third kappa shape index (κ3) is 4.65. The summed E-state index contributed by atoms with van der Waals surface area (Å²) >= 11 is 3.24. The van der Waals surface area contributed by atoms with Crippen LogP contribution in [0.2, 0.25) is 0 Å². The van der Waals surface area contributed by atoms with Crippen molar-refractivity contribution in [1.82, 2.24) is 0 Å². The number of ether oxygens (including phenoxy) is 2. The maximum atomic E-state index is 12.1. The highest BCUT2D eigenvalue weighted by molar-refractivity contribution is 9.10. The molecule has 0 saturated carbocycles. The van der Waals surface area contributed by atoms with Gasteiger partial charge >= 0.3 is 11.9 Å². The van der Waals surface area contributed by atoms with E-state index in [1.807, 2.05) is 0 Å². The molecule has 5 nitrogen and oxygen atoms in total. The Bertz CT molecular complexity index is 494. The van der Waals surface area contributed by atoms with Gasteiger partial charge in [0.1, 0.15) is 16.9 Å². The lowest BCUT2D eigenvalue weighted by molar-refractivity contribution is -0.132. The van der Waals surface area contributed by atoms with Crippen LogP contribution in [0.15, 0.2) is 22.7 Å². The molecule has 0 fully saturated rings. The molecule has 0 amide bonds. The zero-order chi connectivity index (χ0) is 14.6. The SMILES string of the molecule is CC(C)(C)OC(=O)c1c(Br)cccc1OC(=O)CN.